The van der Waals surface area contributed by atoms with Crippen LogP contribution in [0.25, 0.3) is 94.0 Å². The molecule has 0 aliphatic carbocycles. The fourth-order valence-electron chi connectivity index (χ4n) is 7.52. The predicted molar refractivity (Wildman–Crippen MR) is 218 cm³/mol. The molecular weight excluding hydrogens is 663 g/mol. The topological polar surface area (TPSA) is 89.4 Å². The second-order valence-corrected chi connectivity index (χ2v) is 13.2. The first-order chi connectivity index (χ1) is 26.8. The molecule has 254 valence electrons. The quantitative estimate of drug-likeness (QED) is 0.137. The number of pyridine rings is 6. The van der Waals surface area contributed by atoms with E-state index in [1.54, 1.807) is 18.6 Å². The highest BCUT2D eigenvalue weighted by atomic mass is 14.8. The van der Waals surface area contributed by atoms with Crippen LogP contribution in [0.4, 0.5) is 0 Å². The van der Waals surface area contributed by atoms with E-state index < -0.39 is 0 Å². The Bertz CT molecular complexity index is 2870. The smallest absolute Gasteiger partial charge is 0.0731 e. The van der Waals surface area contributed by atoms with E-state index in [1.807, 2.05) is 55.3 Å². The summed E-state index contributed by atoms with van der Waals surface area (Å²) in [6.45, 7) is 0.786. The van der Waals surface area contributed by atoms with Gasteiger partial charge < -0.3 is 5.32 Å². The third-order valence-electron chi connectivity index (χ3n) is 9.95. The third-order valence-corrected chi connectivity index (χ3v) is 9.95. The van der Waals surface area contributed by atoms with Crippen LogP contribution in [0.2, 0.25) is 0 Å². The number of aromatic nitrogens is 6. The molecule has 0 atom stereocenters. The van der Waals surface area contributed by atoms with E-state index in [-0.39, 0.29) is 0 Å². The molecule has 0 saturated heterocycles. The second kappa shape index (κ2) is 13.3. The van der Waals surface area contributed by atoms with E-state index in [9.17, 15) is 0 Å². The van der Waals surface area contributed by atoms with Gasteiger partial charge >= 0.3 is 0 Å². The molecule has 3 aromatic carbocycles. The molecule has 10 rings (SSSR count). The first kappa shape index (κ1) is 31.4. The average Bonchev–Trinajstić information content (AvgIpc) is 3.26. The number of allylic oxidation sites excluding steroid dienone is 2. The SMILES string of the molecule is C1=CC(c2cc(-c3c4ccccc4c(-c4cc(-c5cccnc5)nc(-c5cccnc5)c4)c4c3cnc3ccccc34)cc(-c3cccnc3)n2)=CNC1. The summed E-state index contributed by atoms with van der Waals surface area (Å²) in [4.78, 5) is 28.7. The van der Waals surface area contributed by atoms with Crippen LogP contribution < -0.4 is 5.32 Å². The molecule has 0 radical (unpaired) electrons. The lowest BCUT2D eigenvalue weighted by Crippen LogP contribution is -2.09. The number of fused-ring (bicyclic) bond motifs is 4. The van der Waals surface area contributed by atoms with Crippen LogP contribution in [0, 0.1) is 0 Å². The molecule has 9 aromatic rings. The van der Waals surface area contributed by atoms with Crippen LogP contribution in [-0.2, 0) is 0 Å². The van der Waals surface area contributed by atoms with E-state index in [2.05, 4.69) is 117 Å². The van der Waals surface area contributed by atoms with Gasteiger partial charge in [-0.25, -0.2) is 9.97 Å². The standard InChI is InChI=1S/C47H31N7/c1-2-14-37-36(13-1)45(34-21-41(30-9-5-17-48-25-30)53-42(22-34)31-10-6-18-49-26-31)39-29-52-40-16-4-3-15-38(40)47(39)46(37)35-23-43(32-11-7-19-50-27-32)54-44(24-35)33-12-8-20-51-28-33/h1-17,19-29,49H,18H2. The van der Waals surface area contributed by atoms with Gasteiger partial charge in [0.25, 0.3) is 0 Å². The molecule has 0 fully saturated rings. The lowest BCUT2D eigenvalue weighted by Gasteiger charge is -2.21. The summed E-state index contributed by atoms with van der Waals surface area (Å²) in [5.41, 5.74) is 12.5. The Kier molecular flexibility index (Phi) is 7.73. The highest BCUT2D eigenvalue weighted by Gasteiger charge is 2.22. The van der Waals surface area contributed by atoms with Crippen LogP contribution in [0.15, 0.2) is 171 Å². The maximum absolute atomic E-state index is 5.17. The lowest BCUT2D eigenvalue weighted by atomic mass is 9.84. The average molecular weight is 694 g/mol. The Morgan fingerprint density at radius 1 is 0.463 bits per heavy atom. The van der Waals surface area contributed by atoms with Gasteiger partial charge in [0.05, 0.1) is 28.3 Å². The van der Waals surface area contributed by atoms with Gasteiger partial charge in [0.1, 0.15) is 0 Å². The molecule has 1 N–H and O–H groups in total. The molecule has 1 aliphatic heterocycles. The zero-order chi connectivity index (χ0) is 35.8. The fourth-order valence-corrected chi connectivity index (χ4v) is 7.52. The Balaban J connectivity index is 1.34. The monoisotopic (exact) mass is 693 g/mol. The van der Waals surface area contributed by atoms with Crippen LogP contribution in [0.1, 0.15) is 5.69 Å². The van der Waals surface area contributed by atoms with E-state index in [0.29, 0.717) is 0 Å². The van der Waals surface area contributed by atoms with Crippen molar-refractivity contribution < 1.29 is 0 Å². The van der Waals surface area contributed by atoms with Gasteiger partial charge in [0.15, 0.2) is 0 Å². The van der Waals surface area contributed by atoms with Crippen molar-refractivity contribution in [3.8, 4) is 56.0 Å². The maximum Gasteiger partial charge on any atom is 0.0731 e. The van der Waals surface area contributed by atoms with Crippen LogP contribution in [0.5, 0.6) is 0 Å². The number of hydrogen-bond donors (Lipinski definition) is 1. The molecule has 7 heteroatoms. The number of dihydropyridines is 1. The molecule has 6 aromatic heterocycles. The van der Waals surface area contributed by atoms with Crippen molar-refractivity contribution in [2.45, 2.75) is 0 Å². The molecular formula is C47H31N7. The highest BCUT2D eigenvalue weighted by molar-refractivity contribution is 6.27. The van der Waals surface area contributed by atoms with Gasteiger partial charge in [-0.1, -0.05) is 54.6 Å². The van der Waals surface area contributed by atoms with E-state index in [4.69, 9.17) is 15.0 Å². The zero-order valence-corrected chi connectivity index (χ0v) is 29.1. The number of hydrogen-bond acceptors (Lipinski definition) is 7. The summed E-state index contributed by atoms with van der Waals surface area (Å²) in [7, 11) is 0. The predicted octanol–water partition coefficient (Wildman–Crippen LogP) is 10.4. The van der Waals surface area contributed by atoms with Crippen LogP contribution in [-0.4, -0.2) is 36.4 Å². The molecule has 7 nitrogen and oxygen atoms in total. The molecule has 7 heterocycles. The van der Waals surface area contributed by atoms with Gasteiger partial charge in [-0.3, -0.25) is 19.9 Å². The Morgan fingerprint density at radius 2 is 1.00 bits per heavy atom. The number of nitrogens with one attached hydrogen (secondary N) is 1. The Labute approximate surface area is 311 Å². The number of para-hydroxylation sites is 1. The normalized spacial score (nSPS) is 12.6. The molecule has 54 heavy (non-hydrogen) atoms. The minimum atomic E-state index is 0.786. The molecule has 0 saturated carbocycles. The summed E-state index contributed by atoms with van der Waals surface area (Å²) in [5, 5.41) is 8.84. The van der Waals surface area contributed by atoms with Crippen LogP contribution >= 0.6 is 0 Å². The van der Waals surface area contributed by atoms with Crippen molar-refractivity contribution in [3.63, 3.8) is 0 Å². The summed E-state index contributed by atoms with van der Waals surface area (Å²) in [6.07, 6.45) is 19.3. The molecule has 0 spiro atoms. The van der Waals surface area contributed by atoms with Crippen molar-refractivity contribution in [3.05, 3.63) is 177 Å². The van der Waals surface area contributed by atoms with Crippen molar-refractivity contribution >= 4 is 38.0 Å². The van der Waals surface area contributed by atoms with Crippen molar-refractivity contribution in [2.24, 2.45) is 0 Å². The third kappa shape index (κ3) is 5.56. The van der Waals surface area contributed by atoms with Gasteiger partial charge in [-0.05, 0) is 99.8 Å². The molecule has 1 aliphatic rings. The van der Waals surface area contributed by atoms with Gasteiger partial charge in [-0.2, -0.15) is 0 Å². The van der Waals surface area contributed by atoms with Gasteiger partial charge in [0.2, 0.25) is 0 Å². The lowest BCUT2D eigenvalue weighted by molar-refractivity contribution is 0.974. The summed E-state index contributed by atoms with van der Waals surface area (Å²) in [5.74, 6) is 0. The molecule has 0 amide bonds. The summed E-state index contributed by atoms with van der Waals surface area (Å²) >= 11 is 0. The van der Waals surface area contributed by atoms with Crippen molar-refractivity contribution in [1.82, 2.24) is 35.2 Å². The minimum Gasteiger partial charge on any atom is -0.387 e. The minimum absolute atomic E-state index is 0.786. The van der Waals surface area contributed by atoms with Crippen LogP contribution in [0.3, 0.4) is 0 Å². The number of rotatable bonds is 6. The Hall–Kier alpha value is -7.38. The first-order valence-electron chi connectivity index (χ1n) is 17.9. The second-order valence-electron chi connectivity index (χ2n) is 13.2. The van der Waals surface area contributed by atoms with E-state index >= 15 is 0 Å². The van der Waals surface area contributed by atoms with Gasteiger partial charge in [-0.15, -0.1) is 0 Å². The zero-order valence-electron chi connectivity index (χ0n) is 29.1. The van der Waals surface area contributed by atoms with Crippen molar-refractivity contribution in [2.75, 3.05) is 6.54 Å². The fraction of sp³-hybridized carbons (Fsp3) is 0.0213. The summed E-state index contributed by atoms with van der Waals surface area (Å²) < 4.78 is 0. The largest absolute Gasteiger partial charge is 0.387 e. The first-order valence-corrected chi connectivity index (χ1v) is 17.9. The molecule has 0 unspecified atom stereocenters. The van der Waals surface area contributed by atoms with Gasteiger partial charge in [0, 0.05) is 94.5 Å². The summed E-state index contributed by atoms with van der Waals surface area (Å²) in [6, 6.07) is 37.9. The number of benzene rings is 3. The highest BCUT2D eigenvalue weighted by Crippen LogP contribution is 2.47. The Morgan fingerprint density at radius 3 is 1.57 bits per heavy atom. The van der Waals surface area contributed by atoms with E-state index in [1.165, 1.54) is 0 Å². The van der Waals surface area contributed by atoms with E-state index in [0.717, 1.165) is 106 Å². The maximum atomic E-state index is 5.17. The number of nitrogens with zero attached hydrogens (tertiary/aromatic N) is 6. The van der Waals surface area contributed by atoms with Crippen molar-refractivity contribution in [1.29, 1.82) is 0 Å². The molecule has 0 bridgehead atoms.